The topological polar surface area (TPSA) is 145 Å². The van der Waals surface area contributed by atoms with E-state index in [0.29, 0.717) is 35.9 Å². The molecule has 170 valence electrons. The molecule has 0 aliphatic carbocycles. The molecule has 0 bridgehead atoms. The Morgan fingerprint density at radius 1 is 1.36 bits per heavy atom. The number of anilines is 1. The summed E-state index contributed by atoms with van der Waals surface area (Å²) in [5.74, 6) is 0.685. The number of nitrogens with two attached hydrogens (primary N) is 1. The number of nitriles is 1. The fraction of sp³-hybridized carbons (Fsp3) is 0.261. The molecule has 2 aromatic rings. The van der Waals surface area contributed by atoms with Gasteiger partial charge in [-0.3, -0.25) is 4.79 Å². The van der Waals surface area contributed by atoms with Crippen LogP contribution in [0.5, 0.6) is 5.75 Å². The largest absolute Gasteiger partial charge is 0.497 e. The SMILES string of the molecule is C=C(OC)/C(=C\C=C\Nc1ncnc(-c2ccc(OC3CCOCC3)c(C#N)c2)n1)C(N)=O. The van der Waals surface area contributed by atoms with Gasteiger partial charge in [-0.25, -0.2) is 9.97 Å². The molecule has 3 rings (SSSR count). The molecular formula is C23H24N6O4. The van der Waals surface area contributed by atoms with Crippen molar-refractivity contribution in [3.63, 3.8) is 0 Å². The summed E-state index contributed by atoms with van der Waals surface area (Å²) in [5, 5.41) is 12.5. The molecule has 0 spiro atoms. The molecule has 10 heteroatoms. The molecule has 1 aliphatic rings. The molecule has 33 heavy (non-hydrogen) atoms. The van der Waals surface area contributed by atoms with Gasteiger partial charge in [-0.15, -0.1) is 0 Å². The standard InChI is InChI=1S/C23H24N6O4/c1-15(31-2)19(21(25)30)4-3-9-26-23-28-14-27-22(29-23)16-5-6-20(17(12-16)13-24)33-18-7-10-32-11-8-18/h3-6,9,12,14,18H,1,7-8,10-11H2,2H3,(H2,25,30)(H,26,27,28,29)/b9-3+,19-4+. The van der Waals surface area contributed by atoms with Crippen LogP contribution in [0.4, 0.5) is 5.95 Å². The Labute approximate surface area is 191 Å². The molecule has 1 amide bonds. The fourth-order valence-corrected chi connectivity index (χ4v) is 3.03. The molecule has 1 aromatic heterocycles. The van der Waals surface area contributed by atoms with E-state index in [-0.39, 0.29) is 23.4 Å². The second-order valence-corrected chi connectivity index (χ2v) is 6.96. The van der Waals surface area contributed by atoms with Gasteiger partial charge in [-0.05, 0) is 30.4 Å². The van der Waals surface area contributed by atoms with Gasteiger partial charge in [-0.1, -0.05) is 6.58 Å². The monoisotopic (exact) mass is 448 g/mol. The summed E-state index contributed by atoms with van der Waals surface area (Å²) >= 11 is 0. The predicted octanol–water partition coefficient (Wildman–Crippen LogP) is 2.47. The van der Waals surface area contributed by atoms with Crippen molar-refractivity contribution in [1.29, 1.82) is 5.26 Å². The Kier molecular flexibility index (Phi) is 8.10. The van der Waals surface area contributed by atoms with E-state index in [1.54, 1.807) is 24.3 Å². The number of carbonyl (C=O) groups excluding carboxylic acids is 1. The van der Waals surface area contributed by atoms with Crippen LogP contribution in [0.25, 0.3) is 11.4 Å². The van der Waals surface area contributed by atoms with E-state index < -0.39 is 5.91 Å². The quantitative estimate of drug-likeness (QED) is 0.335. The summed E-state index contributed by atoms with van der Waals surface area (Å²) in [6.07, 6.45) is 7.49. The average molecular weight is 448 g/mol. The summed E-state index contributed by atoms with van der Waals surface area (Å²) < 4.78 is 16.3. The van der Waals surface area contributed by atoms with E-state index >= 15 is 0 Å². The van der Waals surface area contributed by atoms with Crippen molar-refractivity contribution in [1.82, 2.24) is 15.0 Å². The lowest BCUT2D eigenvalue weighted by Crippen LogP contribution is -2.26. The zero-order valence-corrected chi connectivity index (χ0v) is 18.2. The lowest BCUT2D eigenvalue weighted by atomic mass is 10.1. The number of hydrogen-bond donors (Lipinski definition) is 2. The van der Waals surface area contributed by atoms with Gasteiger partial charge in [0.05, 0.1) is 31.5 Å². The minimum atomic E-state index is -0.661. The van der Waals surface area contributed by atoms with Crippen LogP contribution >= 0.6 is 0 Å². The number of nitrogens with one attached hydrogen (secondary N) is 1. The Morgan fingerprint density at radius 2 is 2.15 bits per heavy atom. The third kappa shape index (κ3) is 6.38. The van der Waals surface area contributed by atoms with Crippen LogP contribution in [0, 0.1) is 11.3 Å². The van der Waals surface area contributed by atoms with Gasteiger partial charge in [0.25, 0.3) is 5.91 Å². The van der Waals surface area contributed by atoms with Crippen LogP contribution in [-0.4, -0.2) is 47.3 Å². The van der Waals surface area contributed by atoms with Crippen molar-refractivity contribution in [2.45, 2.75) is 18.9 Å². The summed E-state index contributed by atoms with van der Waals surface area (Å²) in [6, 6.07) is 7.40. The van der Waals surface area contributed by atoms with Crippen LogP contribution in [0.2, 0.25) is 0 Å². The van der Waals surface area contributed by atoms with Gasteiger partial charge in [0.1, 0.15) is 30.0 Å². The van der Waals surface area contributed by atoms with E-state index in [4.69, 9.17) is 19.9 Å². The molecule has 1 aliphatic heterocycles. The maximum absolute atomic E-state index is 11.4. The number of amides is 1. The second-order valence-electron chi connectivity index (χ2n) is 6.96. The summed E-state index contributed by atoms with van der Waals surface area (Å²) in [5.41, 5.74) is 6.49. The molecule has 3 N–H and O–H groups in total. The number of carbonyl (C=O) groups is 1. The number of benzene rings is 1. The van der Waals surface area contributed by atoms with Gasteiger partial charge < -0.3 is 25.3 Å². The van der Waals surface area contributed by atoms with E-state index in [1.807, 2.05) is 0 Å². The highest BCUT2D eigenvalue weighted by atomic mass is 16.5. The van der Waals surface area contributed by atoms with Gasteiger partial charge >= 0.3 is 0 Å². The van der Waals surface area contributed by atoms with Crippen molar-refractivity contribution in [3.8, 4) is 23.2 Å². The number of primary amides is 1. The summed E-state index contributed by atoms with van der Waals surface area (Å²) in [7, 11) is 1.40. The molecule has 0 radical (unpaired) electrons. The fourth-order valence-electron chi connectivity index (χ4n) is 3.03. The van der Waals surface area contributed by atoms with Gasteiger partial charge in [0.2, 0.25) is 5.95 Å². The Bertz CT molecular complexity index is 1120. The first-order chi connectivity index (χ1) is 16.0. The molecule has 1 saturated heterocycles. The number of nitrogens with zero attached hydrogens (tertiary/aromatic N) is 4. The average Bonchev–Trinajstić information content (AvgIpc) is 2.84. The molecule has 0 saturated carbocycles. The van der Waals surface area contributed by atoms with Crippen LogP contribution < -0.4 is 15.8 Å². The zero-order chi connectivity index (χ0) is 23.6. The maximum atomic E-state index is 11.4. The van der Waals surface area contributed by atoms with Crippen LogP contribution in [0.15, 0.2) is 60.8 Å². The molecule has 10 nitrogen and oxygen atoms in total. The lowest BCUT2D eigenvalue weighted by molar-refractivity contribution is -0.114. The highest BCUT2D eigenvalue weighted by molar-refractivity contribution is 5.96. The maximum Gasteiger partial charge on any atom is 0.252 e. The number of ether oxygens (including phenoxy) is 3. The molecule has 0 atom stereocenters. The van der Waals surface area contributed by atoms with Crippen LogP contribution in [0.1, 0.15) is 18.4 Å². The van der Waals surface area contributed by atoms with E-state index in [1.165, 1.54) is 25.7 Å². The van der Waals surface area contributed by atoms with E-state index in [0.717, 1.165) is 12.8 Å². The first-order valence-electron chi connectivity index (χ1n) is 10.2. The Hall–Kier alpha value is -4.23. The lowest BCUT2D eigenvalue weighted by Gasteiger charge is -2.23. The number of allylic oxidation sites excluding steroid dienone is 2. The van der Waals surface area contributed by atoms with Crippen molar-refractivity contribution < 1.29 is 19.0 Å². The van der Waals surface area contributed by atoms with Crippen molar-refractivity contribution in [2.24, 2.45) is 5.73 Å². The summed E-state index contributed by atoms with van der Waals surface area (Å²) in [4.78, 5) is 24.1. The van der Waals surface area contributed by atoms with Crippen molar-refractivity contribution in [2.75, 3.05) is 25.6 Å². The predicted molar refractivity (Wildman–Crippen MR) is 121 cm³/mol. The number of aromatic nitrogens is 3. The number of methoxy groups -OCH3 is 1. The molecule has 1 aromatic carbocycles. The first kappa shape index (κ1) is 23.4. The van der Waals surface area contributed by atoms with Crippen LogP contribution in [-0.2, 0) is 14.3 Å². The highest BCUT2D eigenvalue weighted by Gasteiger charge is 2.18. The molecule has 1 fully saturated rings. The first-order valence-corrected chi connectivity index (χ1v) is 10.2. The zero-order valence-electron chi connectivity index (χ0n) is 18.2. The number of rotatable bonds is 9. The van der Waals surface area contributed by atoms with E-state index in [9.17, 15) is 10.1 Å². The van der Waals surface area contributed by atoms with Crippen molar-refractivity contribution in [3.05, 3.63) is 66.4 Å². The van der Waals surface area contributed by atoms with Gasteiger partial charge in [0.15, 0.2) is 5.82 Å². The van der Waals surface area contributed by atoms with Gasteiger partial charge in [-0.2, -0.15) is 10.2 Å². The smallest absolute Gasteiger partial charge is 0.252 e. The molecular weight excluding hydrogens is 424 g/mol. The minimum Gasteiger partial charge on any atom is -0.497 e. The Balaban J connectivity index is 1.73. The second kappa shape index (κ2) is 11.4. The molecule has 0 unspecified atom stereocenters. The normalized spacial score (nSPS) is 14.5. The molecule has 2 heterocycles. The van der Waals surface area contributed by atoms with Crippen LogP contribution in [0.3, 0.4) is 0 Å². The summed E-state index contributed by atoms with van der Waals surface area (Å²) in [6.45, 7) is 4.92. The third-order valence-electron chi connectivity index (χ3n) is 4.78. The van der Waals surface area contributed by atoms with E-state index in [2.05, 4.69) is 32.9 Å². The Morgan fingerprint density at radius 3 is 2.85 bits per heavy atom. The van der Waals surface area contributed by atoms with Crippen molar-refractivity contribution >= 4 is 11.9 Å². The highest BCUT2D eigenvalue weighted by Crippen LogP contribution is 2.27. The number of hydrogen-bond acceptors (Lipinski definition) is 9. The minimum absolute atomic E-state index is 0.0293. The van der Waals surface area contributed by atoms with Gasteiger partial charge in [0, 0.05) is 24.6 Å². The third-order valence-corrected chi connectivity index (χ3v) is 4.78.